The lowest BCUT2D eigenvalue weighted by Gasteiger charge is -2.32. The third-order valence-electron chi connectivity index (χ3n) is 7.21. The zero-order valence-electron chi connectivity index (χ0n) is 25.1. The van der Waals surface area contributed by atoms with Gasteiger partial charge in [-0.15, -0.1) is 0 Å². The Bertz CT molecular complexity index is 1410. The predicted octanol–water partition coefficient (Wildman–Crippen LogP) is 5.11. The van der Waals surface area contributed by atoms with Crippen LogP contribution >= 0.6 is 0 Å². The maximum absolute atomic E-state index is 14.0. The number of nitrogens with zero attached hydrogens (tertiary/aromatic N) is 2. The number of benzene rings is 3. The van der Waals surface area contributed by atoms with Gasteiger partial charge in [0.25, 0.3) is 0 Å². The van der Waals surface area contributed by atoms with Crippen LogP contribution in [-0.4, -0.2) is 57.6 Å². The summed E-state index contributed by atoms with van der Waals surface area (Å²) in [5.41, 5.74) is 3.36. The molecule has 0 bridgehead atoms. The number of para-hydroxylation sites is 2. The molecule has 0 radical (unpaired) electrons. The number of hydrogen-bond donors (Lipinski definition) is 1. The summed E-state index contributed by atoms with van der Waals surface area (Å²) in [6.07, 6.45) is 3.64. The van der Waals surface area contributed by atoms with Gasteiger partial charge in [0, 0.05) is 32.5 Å². The SMILES string of the molecule is CCCCNC(=O)[C@H](Cc1ccccc1)N(Cc1ccccc1C)C(=O)CCCN(c1ccccc1OC)S(C)(=O)=O. The molecule has 1 N–H and O–H groups in total. The molecule has 3 aromatic rings. The number of rotatable bonds is 16. The van der Waals surface area contributed by atoms with Crippen LogP contribution in [0.2, 0.25) is 0 Å². The third kappa shape index (κ3) is 9.34. The molecule has 9 heteroatoms. The Labute approximate surface area is 250 Å². The molecule has 0 unspecified atom stereocenters. The second-order valence-corrected chi connectivity index (χ2v) is 12.3. The van der Waals surface area contributed by atoms with Crippen molar-refractivity contribution in [2.45, 2.75) is 58.5 Å². The zero-order valence-corrected chi connectivity index (χ0v) is 25.9. The van der Waals surface area contributed by atoms with E-state index in [-0.39, 0.29) is 37.7 Å². The molecule has 0 saturated heterocycles. The Morgan fingerprint density at radius 1 is 0.929 bits per heavy atom. The first kappa shape index (κ1) is 32.7. The number of carbonyl (C=O) groups is 2. The van der Waals surface area contributed by atoms with Crippen molar-refractivity contribution in [3.63, 3.8) is 0 Å². The molecule has 8 nitrogen and oxygen atoms in total. The van der Waals surface area contributed by atoms with E-state index >= 15 is 0 Å². The van der Waals surface area contributed by atoms with E-state index in [9.17, 15) is 18.0 Å². The molecule has 0 aliphatic rings. The number of sulfonamides is 1. The van der Waals surface area contributed by atoms with E-state index < -0.39 is 16.1 Å². The summed E-state index contributed by atoms with van der Waals surface area (Å²) >= 11 is 0. The van der Waals surface area contributed by atoms with Crippen molar-refractivity contribution in [1.82, 2.24) is 10.2 Å². The summed E-state index contributed by atoms with van der Waals surface area (Å²) in [5.74, 6) is 0.0291. The van der Waals surface area contributed by atoms with Gasteiger partial charge in [-0.05, 0) is 48.6 Å². The monoisotopic (exact) mass is 593 g/mol. The van der Waals surface area contributed by atoms with Crippen molar-refractivity contribution in [1.29, 1.82) is 0 Å². The van der Waals surface area contributed by atoms with Crippen molar-refractivity contribution < 1.29 is 22.7 Å². The molecule has 3 rings (SSSR count). The molecule has 0 aliphatic carbocycles. The fourth-order valence-corrected chi connectivity index (χ4v) is 5.82. The van der Waals surface area contributed by atoms with Gasteiger partial charge in [0.1, 0.15) is 11.8 Å². The first-order valence-corrected chi connectivity index (χ1v) is 16.3. The Hall–Kier alpha value is -3.85. The minimum Gasteiger partial charge on any atom is -0.495 e. The predicted molar refractivity (Wildman–Crippen MR) is 168 cm³/mol. The zero-order chi connectivity index (χ0) is 30.5. The lowest BCUT2D eigenvalue weighted by Crippen LogP contribution is -2.50. The van der Waals surface area contributed by atoms with Crippen LogP contribution in [0.5, 0.6) is 5.75 Å². The van der Waals surface area contributed by atoms with Crippen LogP contribution in [-0.2, 0) is 32.6 Å². The minimum absolute atomic E-state index is 0.0700. The third-order valence-corrected chi connectivity index (χ3v) is 8.39. The average molecular weight is 594 g/mol. The lowest BCUT2D eigenvalue weighted by atomic mass is 10.0. The normalized spacial score (nSPS) is 11.9. The number of aryl methyl sites for hydroxylation is 1. The van der Waals surface area contributed by atoms with E-state index in [0.717, 1.165) is 35.8 Å². The number of ether oxygens (including phenoxy) is 1. The topological polar surface area (TPSA) is 96.0 Å². The van der Waals surface area contributed by atoms with Crippen molar-refractivity contribution in [2.75, 3.05) is 30.8 Å². The van der Waals surface area contributed by atoms with Gasteiger partial charge in [-0.1, -0.05) is 80.1 Å². The summed E-state index contributed by atoms with van der Waals surface area (Å²) in [6, 6.07) is 23.7. The number of amides is 2. The lowest BCUT2D eigenvalue weighted by molar-refractivity contribution is -0.141. The summed E-state index contributed by atoms with van der Waals surface area (Å²) in [6.45, 7) is 4.95. The van der Waals surface area contributed by atoms with Gasteiger partial charge in [0.15, 0.2) is 0 Å². The number of carbonyl (C=O) groups excluding carboxylic acids is 2. The largest absolute Gasteiger partial charge is 0.495 e. The summed E-state index contributed by atoms with van der Waals surface area (Å²) in [7, 11) is -2.15. The Balaban J connectivity index is 1.89. The van der Waals surface area contributed by atoms with E-state index in [4.69, 9.17) is 4.74 Å². The van der Waals surface area contributed by atoms with Gasteiger partial charge in [0.05, 0.1) is 19.1 Å². The minimum atomic E-state index is -3.64. The van der Waals surface area contributed by atoms with Gasteiger partial charge in [0.2, 0.25) is 21.8 Å². The van der Waals surface area contributed by atoms with Crippen molar-refractivity contribution in [2.24, 2.45) is 0 Å². The van der Waals surface area contributed by atoms with E-state index in [1.807, 2.05) is 61.5 Å². The standard InChI is InChI=1S/C33H43N3O5S/c1-5-6-22-34-33(38)30(24-27-16-8-7-9-17-27)35(25-28-18-11-10-15-26(28)2)32(37)21-14-23-36(42(4,39)40)29-19-12-13-20-31(29)41-3/h7-13,15-20,30H,5-6,14,21-25H2,1-4H3,(H,34,38)/t30-/m0/s1. The van der Waals surface area contributed by atoms with Gasteiger partial charge >= 0.3 is 0 Å². The second kappa shape index (κ2) is 16.0. The molecule has 0 spiro atoms. The summed E-state index contributed by atoms with van der Waals surface area (Å²) in [4.78, 5) is 29.2. The molecule has 0 fully saturated rings. The average Bonchev–Trinajstić information content (AvgIpc) is 2.98. The Morgan fingerprint density at radius 2 is 1.60 bits per heavy atom. The quantitative estimate of drug-likeness (QED) is 0.233. The molecule has 0 aromatic heterocycles. The highest BCUT2D eigenvalue weighted by molar-refractivity contribution is 7.92. The molecule has 226 valence electrons. The first-order chi connectivity index (χ1) is 20.2. The first-order valence-electron chi connectivity index (χ1n) is 14.4. The van der Waals surface area contributed by atoms with Gasteiger partial charge < -0.3 is 15.0 Å². The van der Waals surface area contributed by atoms with E-state index in [1.165, 1.54) is 11.4 Å². The highest BCUT2D eigenvalue weighted by Gasteiger charge is 2.31. The number of hydrogen-bond acceptors (Lipinski definition) is 5. The number of methoxy groups -OCH3 is 1. The van der Waals surface area contributed by atoms with Crippen LogP contribution in [0, 0.1) is 6.92 Å². The molecular weight excluding hydrogens is 550 g/mol. The molecule has 42 heavy (non-hydrogen) atoms. The fraction of sp³-hybridized carbons (Fsp3) is 0.394. The summed E-state index contributed by atoms with van der Waals surface area (Å²) < 4.78 is 32.1. The van der Waals surface area contributed by atoms with Gasteiger partial charge in [-0.2, -0.15) is 0 Å². The Kier molecular flexibility index (Phi) is 12.4. The number of nitrogens with one attached hydrogen (secondary N) is 1. The maximum Gasteiger partial charge on any atom is 0.243 e. The molecule has 1 atom stereocenters. The van der Waals surface area contributed by atoms with E-state index in [2.05, 4.69) is 12.2 Å². The second-order valence-electron chi connectivity index (χ2n) is 10.4. The smallest absolute Gasteiger partial charge is 0.243 e. The fourth-order valence-electron chi connectivity index (χ4n) is 4.85. The molecule has 0 heterocycles. The van der Waals surface area contributed by atoms with Crippen LogP contribution in [0.3, 0.4) is 0 Å². The van der Waals surface area contributed by atoms with Crippen molar-refractivity contribution in [3.05, 3.63) is 95.6 Å². The van der Waals surface area contributed by atoms with Gasteiger partial charge in [-0.25, -0.2) is 8.42 Å². The van der Waals surface area contributed by atoms with Crippen LogP contribution in [0.1, 0.15) is 49.3 Å². The maximum atomic E-state index is 14.0. The molecule has 0 saturated carbocycles. The molecule has 2 amide bonds. The van der Waals surface area contributed by atoms with Crippen molar-refractivity contribution in [3.8, 4) is 5.75 Å². The van der Waals surface area contributed by atoms with Crippen LogP contribution in [0.15, 0.2) is 78.9 Å². The Morgan fingerprint density at radius 3 is 2.26 bits per heavy atom. The molecular formula is C33H43N3O5S. The summed E-state index contributed by atoms with van der Waals surface area (Å²) in [5, 5.41) is 3.03. The molecule has 0 aliphatic heterocycles. The highest BCUT2D eigenvalue weighted by atomic mass is 32.2. The van der Waals surface area contributed by atoms with Crippen LogP contribution in [0.25, 0.3) is 0 Å². The van der Waals surface area contributed by atoms with E-state index in [1.54, 1.807) is 29.2 Å². The van der Waals surface area contributed by atoms with Crippen LogP contribution in [0.4, 0.5) is 5.69 Å². The number of anilines is 1. The molecule has 3 aromatic carbocycles. The van der Waals surface area contributed by atoms with Gasteiger partial charge in [-0.3, -0.25) is 13.9 Å². The number of unbranched alkanes of at least 4 members (excludes halogenated alkanes) is 1. The highest BCUT2D eigenvalue weighted by Crippen LogP contribution is 2.30. The van der Waals surface area contributed by atoms with Crippen LogP contribution < -0.4 is 14.4 Å². The van der Waals surface area contributed by atoms with E-state index in [0.29, 0.717) is 24.4 Å². The van der Waals surface area contributed by atoms with Crippen molar-refractivity contribution >= 4 is 27.5 Å².